The fourth-order valence-corrected chi connectivity index (χ4v) is 2.92. The first-order chi connectivity index (χ1) is 8.51. The number of carbonyl (C=O) groups is 1. The van der Waals surface area contributed by atoms with E-state index in [0.29, 0.717) is 10.0 Å². The molecule has 0 radical (unpaired) electrons. The molecule has 1 amide bonds. The molecule has 1 rings (SSSR count). The van der Waals surface area contributed by atoms with Gasteiger partial charge in [0.05, 0.1) is 4.47 Å². The van der Waals surface area contributed by atoms with Crippen LogP contribution in [0.25, 0.3) is 0 Å². The third-order valence-corrected chi connectivity index (χ3v) is 4.19. The summed E-state index contributed by atoms with van der Waals surface area (Å²) < 4.78 is 13.5. The van der Waals surface area contributed by atoms with Crippen LogP contribution >= 0.6 is 27.7 Å². The number of halogens is 2. The van der Waals surface area contributed by atoms with Crippen molar-refractivity contribution in [2.45, 2.75) is 19.4 Å². The second kappa shape index (κ2) is 7.14. The SMILES string of the molecule is CCC(CSC)N(C)C(=O)c1ccc(F)c(Br)c1. The van der Waals surface area contributed by atoms with Gasteiger partial charge in [0.15, 0.2) is 0 Å². The molecule has 18 heavy (non-hydrogen) atoms. The molecule has 1 unspecified atom stereocenters. The fourth-order valence-electron chi connectivity index (χ4n) is 1.69. The molecule has 0 aliphatic carbocycles. The van der Waals surface area contributed by atoms with Gasteiger partial charge in [-0.25, -0.2) is 4.39 Å². The monoisotopic (exact) mass is 333 g/mol. The first-order valence-corrected chi connectivity index (χ1v) is 7.91. The van der Waals surface area contributed by atoms with E-state index in [2.05, 4.69) is 22.9 Å². The van der Waals surface area contributed by atoms with E-state index in [1.54, 1.807) is 23.7 Å². The van der Waals surface area contributed by atoms with E-state index in [-0.39, 0.29) is 17.8 Å². The first kappa shape index (κ1) is 15.5. The Morgan fingerprint density at radius 3 is 2.72 bits per heavy atom. The molecule has 0 N–H and O–H groups in total. The average Bonchev–Trinajstić information content (AvgIpc) is 2.37. The molecule has 0 aromatic heterocycles. The van der Waals surface area contributed by atoms with E-state index in [9.17, 15) is 9.18 Å². The maximum Gasteiger partial charge on any atom is 0.253 e. The number of carbonyl (C=O) groups excluding carboxylic acids is 1. The van der Waals surface area contributed by atoms with Crippen molar-refractivity contribution in [3.8, 4) is 0 Å². The minimum Gasteiger partial charge on any atom is -0.338 e. The number of thioether (sulfide) groups is 1. The van der Waals surface area contributed by atoms with E-state index in [1.165, 1.54) is 18.2 Å². The zero-order chi connectivity index (χ0) is 13.7. The van der Waals surface area contributed by atoms with Crippen LogP contribution in [-0.2, 0) is 0 Å². The van der Waals surface area contributed by atoms with Crippen molar-refractivity contribution in [3.63, 3.8) is 0 Å². The number of amides is 1. The Labute approximate surface area is 120 Å². The molecule has 0 spiro atoms. The summed E-state index contributed by atoms with van der Waals surface area (Å²) in [7, 11) is 1.80. The molecule has 0 saturated carbocycles. The highest BCUT2D eigenvalue weighted by Crippen LogP contribution is 2.19. The van der Waals surface area contributed by atoms with Crippen LogP contribution in [0.4, 0.5) is 4.39 Å². The van der Waals surface area contributed by atoms with Gasteiger partial charge in [0, 0.05) is 24.4 Å². The van der Waals surface area contributed by atoms with Crippen molar-refractivity contribution in [2.75, 3.05) is 19.1 Å². The van der Waals surface area contributed by atoms with Gasteiger partial charge in [-0.3, -0.25) is 4.79 Å². The van der Waals surface area contributed by atoms with Crippen LogP contribution in [0.1, 0.15) is 23.7 Å². The molecule has 0 aliphatic heterocycles. The molecular weight excluding hydrogens is 317 g/mol. The van der Waals surface area contributed by atoms with Crippen molar-refractivity contribution in [1.29, 1.82) is 0 Å². The maximum absolute atomic E-state index is 13.1. The Hall–Kier alpha value is -0.550. The standard InChI is InChI=1S/C13H17BrFNOS/c1-4-10(8-18-3)16(2)13(17)9-5-6-12(15)11(14)7-9/h5-7,10H,4,8H2,1-3H3. The largest absolute Gasteiger partial charge is 0.338 e. The molecule has 0 fully saturated rings. The highest BCUT2D eigenvalue weighted by molar-refractivity contribution is 9.10. The fraction of sp³-hybridized carbons (Fsp3) is 0.462. The molecule has 0 heterocycles. The van der Waals surface area contributed by atoms with Crippen LogP contribution in [0.3, 0.4) is 0 Å². The van der Waals surface area contributed by atoms with E-state index in [0.717, 1.165) is 12.2 Å². The van der Waals surface area contributed by atoms with Gasteiger partial charge in [0.2, 0.25) is 0 Å². The second-order valence-corrected chi connectivity index (χ2v) is 5.83. The summed E-state index contributed by atoms with van der Waals surface area (Å²) in [6.45, 7) is 2.06. The summed E-state index contributed by atoms with van der Waals surface area (Å²) >= 11 is 4.82. The van der Waals surface area contributed by atoms with Crippen LogP contribution in [-0.4, -0.2) is 35.9 Å². The van der Waals surface area contributed by atoms with Crippen molar-refractivity contribution in [3.05, 3.63) is 34.1 Å². The van der Waals surface area contributed by atoms with Crippen LogP contribution < -0.4 is 0 Å². The first-order valence-electron chi connectivity index (χ1n) is 5.72. The number of rotatable bonds is 5. The number of benzene rings is 1. The third-order valence-electron chi connectivity index (χ3n) is 2.86. The highest BCUT2D eigenvalue weighted by Gasteiger charge is 2.19. The molecule has 2 nitrogen and oxygen atoms in total. The predicted molar refractivity (Wildman–Crippen MR) is 78.7 cm³/mol. The molecule has 5 heteroatoms. The molecule has 1 aromatic carbocycles. The van der Waals surface area contributed by atoms with Gasteiger partial charge < -0.3 is 4.90 Å². The van der Waals surface area contributed by atoms with Gasteiger partial charge in [-0.05, 0) is 46.8 Å². The normalized spacial score (nSPS) is 12.3. The van der Waals surface area contributed by atoms with E-state index in [1.807, 2.05) is 6.26 Å². The highest BCUT2D eigenvalue weighted by atomic mass is 79.9. The van der Waals surface area contributed by atoms with Crippen LogP contribution in [0.2, 0.25) is 0 Å². The molecule has 100 valence electrons. The molecule has 1 aromatic rings. The summed E-state index contributed by atoms with van der Waals surface area (Å²) in [4.78, 5) is 14.0. The summed E-state index contributed by atoms with van der Waals surface area (Å²) in [5, 5.41) is 0. The Morgan fingerprint density at radius 1 is 1.56 bits per heavy atom. The Morgan fingerprint density at radius 2 is 2.22 bits per heavy atom. The van der Waals surface area contributed by atoms with Crippen LogP contribution in [0.15, 0.2) is 22.7 Å². The molecule has 1 atom stereocenters. The van der Waals surface area contributed by atoms with Crippen molar-refractivity contribution in [1.82, 2.24) is 4.90 Å². The molecular formula is C13H17BrFNOS. The number of hydrogen-bond acceptors (Lipinski definition) is 2. The third kappa shape index (κ3) is 3.72. The van der Waals surface area contributed by atoms with Crippen molar-refractivity contribution in [2.24, 2.45) is 0 Å². The van der Waals surface area contributed by atoms with Crippen LogP contribution in [0.5, 0.6) is 0 Å². The zero-order valence-corrected chi connectivity index (χ0v) is 13.1. The van der Waals surface area contributed by atoms with Gasteiger partial charge in [0.25, 0.3) is 5.91 Å². The van der Waals surface area contributed by atoms with Crippen molar-refractivity contribution < 1.29 is 9.18 Å². The summed E-state index contributed by atoms with van der Waals surface area (Å²) in [5.74, 6) is 0.475. The van der Waals surface area contributed by atoms with E-state index < -0.39 is 0 Å². The lowest BCUT2D eigenvalue weighted by molar-refractivity contribution is 0.0743. The Bertz CT molecular complexity index is 427. The second-order valence-electron chi connectivity index (χ2n) is 4.06. The summed E-state index contributed by atoms with van der Waals surface area (Å²) in [6, 6.07) is 4.56. The summed E-state index contributed by atoms with van der Waals surface area (Å²) in [6.07, 6.45) is 2.93. The average molecular weight is 334 g/mol. The quantitative estimate of drug-likeness (QED) is 0.816. The van der Waals surface area contributed by atoms with E-state index >= 15 is 0 Å². The Balaban J connectivity index is 2.88. The van der Waals surface area contributed by atoms with E-state index in [4.69, 9.17) is 0 Å². The topological polar surface area (TPSA) is 20.3 Å². The number of hydrogen-bond donors (Lipinski definition) is 0. The van der Waals surface area contributed by atoms with Gasteiger partial charge in [-0.15, -0.1) is 0 Å². The molecule has 0 saturated heterocycles. The zero-order valence-electron chi connectivity index (χ0n) is 10.7. The summed E-state index contributed by atoms with van der Waals surface area (Å²) in [5.41, 5.74) is 0.505. The minimum absolute atomic E-state index is 0.0726. The smallest absolute Gasteiger partial charge is 0.253 e. The van der Waals surface area contributed by atoms with Crippen LogP contribution in [0, 0.1) is 5.82 Å². The van der Waals surface area contributed by atoms with Crippen molar-refractivity contribution >= 4 is 33.6 Å². The lowest BCUT2D eigenvalue weighted by Gasteiger charge is -2.27. The lowest BCUT2D eigenvalue weighted by Crippen LogP contribution is -2.38. The van der Waals surface area contributed by atoms with Gasteiger partial charge >= 0.3 is 0 Å². The maximum atomic E-state index is 13.1. The number of nitrogens with zero attached hydrogens (tertiary/aromatic N) is 1. The van der Waals surface area contributed by atoms with Gasteiger partial charge in [-0.1, -0.05) is 6.92 Å². The minimum atomic E-state index is -0.356. The van der Waals surface area contributed by atoms with Gasteiger partial charge in [0.1, 0.15) is 5.82 Å². The lowest BCUT2D eigenvalue weighted by atomic mass is 10.1. The predicted octanol–water partition coefficient (Wildman–Crippen LogP) is 3.80. The van der Waals surface area contributed by atoms with Gasteiger partial charge in [-0.2, -0.15) is 11.8 Å². The molecule has 0 bridgehead atoms. The Kier molecular flexibility index (Phi) is 6.15. The molecule has 0 aliphatic rings.